The molecule has 0 atom stereocenters. The average Bonchev–Trinajstić information content (AvgIpc) is 3.19. The van der Waals surface area contributed by atoms with Crippen LogP contribution >= 0.6 is 0 Å². The molecule has 0 saturated heterocycles. The summed E-state index contributed by atoms with van der Waals surface area (Å²) in [7, 11) is 1.76. The van der Waals surface area contributed by atoms with Crippen molar-refractivity contribution in [2.24, 2.45) is 4.99 Å². The summed E-state index contributed by atoms with van der Waals surface area (Å²) in [5.41, 5.74) is 4.85. The number of hydrogen-bond donors (Lipinski definition) is 3. The molecule has 0 bridgehead atoms. The molecule has 0 spiro atoms. The first-order chi connectivity index (χ1) is 13.7. The van der Waals surface area contributed by atoms with E-state index in [-0.39, 0.29) is 0 Å². The maximum atomic E-state index is 10.3. The minimum atomic E-state index is 0.295. The van der Waals surface area contributed by atoms with E-state index in [2.05, 4.69) is 27.8 Å². The fourth-order valence-corrected chi connectivity index (χ4v) is 3.90. The van der Waals surface area contributed by atoms with E-state index < -0.39 is 0 Å². The molecular formula is C22H27N3O3. The zero-order valence-electron chi connectivity index (χ0n) is 16.3. The minimum Gasteiger partial charge on any atom is -0.508 e. The molecule has 6 heteroatoms. The predicted molar refractivity (Wildman–Crippen MR) is 109 cm³/mol. The van der Waals surface area contributed by atoms with E-state index in [1.165, 1.54) is 29.5 Å². The van der Waals surface area contributed by atoms with Crippen LogP contribution in [0.25, 0.3) is 0 Å². The van der Waals surface area contributed by atoms with E-state index in [9.17, 15) is 5.11 Å². The van der Waals surface area contributed by atoms with Crippen LogP contribution in [-0.4, -0.2) is 31.5 Å². The van der Waals surface area contributed by atoms with E-state index in [0.29, 0.717) is 19.1 Å². The quantitative estimate of drug-likeness (QED) is 0.549. The molecule has 0 radical (unpaired) electrons. The van der Waals surface area contributed by atoms with Crippen LogP contribution in [0.3, 0.4) is 0 Å². The van der Waals surface area contributed by atoms with E-state index >= 15 is 0 Å². The van der Waals surface area contributed by atoms with Crippen molar-refractivity contribution < 1.29 is 14.6 Å². The largest absolute Gasteiger partial charge is 0.508 e. The lowest BCUT2D eigenvalue weighted by Crippen LogP contribution is -2.38. The van der Waals surface area contributed by atoms with Gasteiger partial charge in [-0.2, -0.15) is 0 Å². The van der Waals surface area contributed by atoms with Crippen molar-refractivity contribution in [2.45, 2.75) is 38.6 Å². The number of phenolic OH excluding ortho intramolecular Hbond substituents is 1. The normalized spacial score (nSPS) is 15.2. The van der Waals surface area contributed by atoms with Crippen molar-refractivity contribution in [1.29, 1.82) is 0 Å². The lowest BCUT2D eigenvalue weighted by molar-refractivity contribution is 0.174. The molecule has 2 aromatic rings. The molecule has 0 unspecified atom stereocenters. The third kappa shape index (κ3) is 4.01. The Labute approximate surface area is 165 Å². The number of phenols is 1. The Balaban J connectivity index is 1.32. The molecule has 148 valence electrons. The van der Waals surface area contributed by atoms with Crippen LogP contribution < -0.4 is 20.1 Å². The smallest absolute Gasteiger partial charge is 0.231 e. The number of rotatable bonds is 5. The van der Waals surface area contributed by atoms with Gasteiger partial charge in [0.15, 0.2) is 17.5 Å². The summed E-state index contributed by atoms with van der Waals surface area (Å²) in [4.78, 5) is 4.30. The molecule has 0 amide bonds. The molecule has 0 saturated carbocycles. The number of nitrogens with one attached hydrogen (secondary N) is 2. The first-order valence-electron chi connectivity index (χ1n) is 9.90. The highest BCUT2D eigenvalue weighted by molar-refractivity contribution is 5.79. The second kappa shape index (κ2) is 8.42. The summed E-state index contributed by atoms with van der Waals surface area (Å²) in [5.74, 6) is 2.71. The number of guanidine groups is 1. The summed E-state index contributed by atoms with van der Waals surface area (Å²) in [5, 5.41) is 17.0. The predicted octanol–water partition coefficient (Wildman–Crippen LogP) is 2.91. The topological polar surface area (TPSA) is 75.1 Å². The highest BCUT2D eigenvalue weighted by Gasteiger charge is 2.17. The molecule has 1 aliphatic carbocycles. The summed E-state index contributed by atoms with van der Waals surface area (Å²) in [6.45, 7) is 1.61. The fraction of sp³-hybridized carbons (Fsp3) is 0.409. The Morgan fingerprint density at radius 1 is 1.07 bits per heavy atom. The van der Waals surface area contributed by atoms with Crippen LogP contribution in [0.2, 0.25) is 0 Å². The Kier molecular flexibility index (Phi) is 5.55. The number of fused-ring (bicyclic) bond motifs is 2. The fourth-order valence-electron chi connectivity index (χ4n) is 3.90. The average molecular weight is 381 g/mol. The van der Waals surface area contributed by atoms with Gasteiger partial charge in [-0.3, -0.25) is 4.99 Å². The van der Waals surface area contributed by atoms with E-state index in [1.807, 2.05) is 18.2 Å². The van der Waals surface area contributed by atoms with Crippen LogP contribution in [0.4, 0.5) is 0 Å². The first-order valence-corrected chi connectivity index (χ1v) is 9.90. The van der Waals surface area contributed by atoms with Crippen LogP contribution in [0.15, 0.2) is 35.3 Å². The van der Waals surface area contributed by atoms with Crippen LogP contribution in [0.1, 0.15) is 35.1 Å². The minimum absolute atomic E-state index is 0.295. The zero-order valence-corrected chi connectivity index (χ0v) is 16.3. The van der Waals surface area contributed by atoms with Crippen LogP contribution in [0, 0.1) is 0 Å². The standard InChI is InChI=1S/C22H27N3O3/c1-23-22(24-11-10-15-6-9-20-21(12-15)28-14-27-20)25-13-18-17-5-3-2-4-16(17)7-8-19(18)26/h6-9,12,26H,2-5,10-11,13-14H2,1H3,(H2,23,24,25). The van der Waals surface area contributed by atoms with Crippen molar-refractivity contribution >= 4 is 5.96 Å². The summed E-state index contributed by atoms with van der Waals surface area (Å²) in [6.07, 6.45) is 5.41. The van der Waals surface area contributed by atoms with Crippen molar-refractivity contribution in [3.8, 4) is 17.2 Å². The van der Waals surface area contributed by atoms with Gasteiger partial charge in [0, 0.05) is 25.7 Å². The third-order valence-electron chi connectivity index (χ3n) is 5.43. The summed E-state index contributed by atoms with van der Waals surface area (Å²) < 4.78 is 10.8. The van der Waals surface area contributed by atoms with Crippen LogP contribution in [-0.2, 0) is 25.8 Å². The van der Waals surface area contributed by atoms with Crippen molar-refractivity contribution in [1.82, 2.24) is 10.6 Å². The number of hydrogen-bond acceptors (Lipinski definition) is 4. The molecule has 2 aromatic carbocycles. The third-order valence-corrected chi connectivity index (χ3v) is 5.43. The monoisotopic (exact) mass is 381 g/mol. The van der Waals surface area contributed by atoms with Gasteiger partial charge in [-0.1, -0.05) is 12.1 Å². The van der Waals surface area contributed by atoms with Crippen molar-refractivity contribution in [3.05, 3.63) is 52.6 Å². The molecule has 6 nitrogen and oxygen atoms in total. The molecule has 0 aromatic heterocycles. The van der Waals surface area contributed by atoms with Crippen LogP contribution in [0.5, 0.6) is 17.2 Å². The number of aliphatic imine (C=N–C) groups is 1. The number of ether oxygens (including phenoxy) is 2. The molecular weight excluding hydrogens is 354 g/mol. The lowest BCUT2D eigenvalue weighted by Gasteiger charge is -2.21. The zero-order chi connectivity index (χ0) is 19.3. The summed E-state index contributed by atoms with van der Waals surface area (Å²) in [6, 6.07) is 9.91. The number of benzene rings is 2. The first kappa shape index (κ1) is 18.5. The Morgan fingerprint density at radius 3 is 2.82 bits per heavy atom. The van der Waals surface area contributed by atoms with E-state index in [0.717, 1.165) is 48.8 Å². The van der Waals surface area contributed by atoms with Gasteiger partial charge in [-0.15, -0.1) is 0 Å². The highest BCUT2D eigenvalue weighted by Crippen LogP contribution is 2.32. The van der Waals surface area contributed by atoms with Gasteiger partial charge in [-0.25, -0.2) is 0 Å². The van der Waals surface area contributed by atoms with Gasteiger partial charge in [0.05, 0.1) is 0 Å². The molecule has 3 N–H and O–H groups in total. The Hall–Kier alpha value is -2.89. The van der Waals surface area contributed by atoms with E-state index in [4.69, 9.17) is 9.47 Å². The Bertz CT molecular complexity index is 880. The number of aryl methyl sites for hydroxylation is 1. The second-order valence-corrected chi connectivity index (χ2v) is 7.20. The SMILES string of the molecule is CN=C(NCCc1ccc2c(c1)OCO2)NCc1c(O)ccc2c1CCCC2. The van der Waals surface area contributed by atoms with E-state index in [1.54, 1.807) is 7.05 Å². The van der Waals surface area contributed by atoms with Gasteiger partial charge in [0.1, 0.15) is 5.75 Å². The molecule has 28 heavy (non-hydrogen) atoms. The maximum absolute atomic E-state index is 10.3. The molecule has 2 aliphatic rings. The molecule has 1 heterocycles. The van der Waals surface area contributed by atoms with Gasteiger partial charge >= 0.3 is 0 Å². The van der Waals surface area contributed by atoms with Gasteiger partial charge in [0.25, 0.3) is 0 Å². The second-order valence-electron chi connectivity index (χ2n) is 7.20. The summed E-state index contributed by atoms with van der Waals surface area (Å²) >= 11 is 0. The highest BCUT2D eigenvalue weighted by atomic mass is 16.7. The maximum Gasteiger partial charge on any atom is 0.231 e. The van der Waals surface area contributed by atoms with Gasteiger partial charge < -0.3 is 25.2 Å². The van der Waals surface area contributed by atoms with Crippen molar-refractivity contribution in [2.75, 3.05) is 20.4 Å². The number of aromatic hydroxyl groups is 1. The van der Waals surface area contributed by atoms with Gasteiger partial charge in [0.2, 0.25) is 6.79 Å². The number of nitrogens with zero attached hydrogens (tertiary/aromatic N) is 1. The Morgan fingerprint density at radius 2 is 1.93 bits per heavy atom. The molecule has 0 fully saturated rings. The van der Waals surface area contributed by atoms with Gasteiger partial charge in [-0.05, 0) is 67.0 Å². The molecule has 4 rings (SSSR count). The molecule has 1 aliphatic heterocycles. The lowest BCUT2D eigenvalue weighted by atomic mass is 9.88. The van der Waals surface area contributed by atoms with Crippen molar-refractivity contribution in [3.63, 3.8) is 0 Å².